The molecule has 4 heterocycles. The molecule has 18 heteroatoms. The van der Waals surface area contributed by atoms with Gasteiger partial charge in [0.05, 0.1) is 6.20 Å². The summed E-state index contributed by atoms with van der Waals surface area (Å²) in [6.07, 6.45) is 3.16. The molecule has 2 atom stereocenters. The number of anilines is 1. The van der Waals surface area contributed by atoms with Crippen LogP contribution in [0.1, 0.15) is 5.69 Å². The van der Waals surface area contributed by atoms with E-state index in [1.54, 1.807) is 17.7 Å². The molecule has 2 aromatic rings. The standard InChI is InChI=1S/C17H13F2N7O5S4/c18-16(19)31-24-9(7-5-34-17(20)22-7)12(27)23-10-13(28)26-11(15(29)30)6(4-33-14(10)26)1-2-32-8-3-21-25-35-8/h1-3,5,10,14,16H,4H2,(H2,20,22)(H,23,27)(H,29,30)/b2-1+,24-9?/t10-,14-/m1/s1. The number of nitrogens with zero attached hydrogens (tertiary/aromatic N) is 5. The van der Waals surface area contributed by atoms with Crippen molar-refractivity contribution < 1.29 is 33.1 Å². The summed E-state index contributed by atoms with van der Waals surface area (Å²) < 4.78 is 29.5. The molecule has 35 heavy (non-hydrogen) atoms. The minimum atomic E-state index is -3.29. The van der Waals surface area contributed by atoms with Crippen LogP contribution in [0.2, 0.25) is 0 Å². The largest absolute Gasteiger partial charge is 0.477 e. The normalized spacial score (nSPS) is 20.3. The van der Waals surface area contributed by atoms with Crippen LogP contribution in [0, 0.1) is 0 Å². The highest BCUT2D eigenvalue weighted by Crippen LogP contribution is 2.41. The lowest BCUT2D eigenvalue weighted by Gasteiger charge is -2.49. The summed E-state index contributed by atoms with van der Waals surface area (Å²) in [6, 6.07) is -1.11. The SMILES string of the molecule is Nc1nc(C(=NOC(F)F)C(=O)N[C@@H]2C(=O)N3C(C(=O)O)=C(/C=C/Sc4cnns4)CS[C@H]23)cs1. The number of allylic oxidation sites excluding steroid dienone is 1. The van der Waals surface area contributed by atoms with Crippen molar-refractivity contribution in [3.8, 4) is 0 Å². The number of oxime groups is 1. The number of carboxylic acid groups (broad SMARTS) is 1. The maximum absolute atomic E-state index is 12.8. The van der Waals surface area contributed by atoms with Crippen LogP contribution in [-0.2, 0) is 19.2 Å². The number of β-lactam (4-membered cyclic amide) rings is 1. The molecule has 0 saturated carbocycles. The Hall–Kier alpha value is -3.09. The smallest absolute Gasteiger partial charge is 0.407 e. The Morgan fingerprint density at radius 3 is 2.89 bits per heavy atom. The number of nitrogen functional groups attached to an aromatic ring is 1. The van der Waals surface area contributed by atoms with Gasteiger partial charge in [0.15, 0.2) is 10.8 Å². The first-order valence-corrected chi connectivity index (χ1v) is 12.9. The zero-order valence-corrected chi connectivity index (χ0v) is 20.3. The molecule has 1 fully saturated rings. The Labute approximate surface area is 211 Å². The van der Waals surface area contributed by atoms with E-state index in [9.17, 15) is 28.3 Å². The number of amides is 2. The van der Waals surface area contributed by atoms with E-state index in [2.05, 4.69) is 29.9 Å². The number of carboxylic acids is 1. The first kappa shape index (κ1) is 25.0. The Balaban J connectivity index is 1.50. The Morgan fingerprint density at radius 1 is 1.46 bits per heavy atom. The molecular formula is C17H13F2N7O5S4. The average molecular weight is 562 g/mol. The average Bonchev–Trinajstić information content (AvgIpc) is 3.48. The van der Waals surface area contributed by atoms with Gasteiger partial charge in [0, 0.05) is 11.1 Å². The van der Waals surface area contributed by atoms with E-state index in [-0.39, 0.29) is 22.3 Å². The summed E-state index contributed by atoms with van der Waals surface area (Å²) in [5.74, 6) is -2.73. The number of carbonyl (C=O) groups is 3. The summed E-state index contributed by atoms with van der Waals surface area (Å²) in [5.41, 5.74) is 5.03. The first-order chi connectivity index (χ1) is 16.8. The topological polar surface area (TPSA) is 173 Å². The second-order valence-electron chi connectivity index (χ2n) is 6.57. The molecule has 12 nitrogen and oxygen atoms in total. The van der Waals surface area contributed by atoms with Gasteiger partial charge < -0.3 is 21.0 Å². The summed E-state index contributed by atoms with van der Waals surface area (Å²) in [4.78, 5) is 46.3. The number of fused-ring (bicyclic) bond motifs is 1. The van der Waals surface area contributed by atoms with Crippen LogP contribution < -0.4 is 11.1 Å². The molecule has 184 valence electrons. The predicted molar refractivity (Wildman–Crippen MR) is 125 cm³/mol. The number of rotatable bonds is 9. The van der Waals surface area contributed by atoms with Gasteiger partial charge in [-0.25, -0.2) is 9.78 Å². The highest BCUT2D eigenvalue weighted by atomic mass is 32.2. The van der Waals surface area contributed by atoms with Gasteiger partial charge in [0.1, 0.15) is 27.0 Å². The number of carbonyl (C=O) groups excluding carboxylic acids is 2. The molecule has 2 aliphatic heterocycles. The molecule has 0 bridgehead atoms. The zero-order valence-electron chi connectivity index (χ0n) is 17.0. The number of nitrogens with two attached hydrogens (primary N) is 1. The molecule has 1 saturated heterocycles. The molecule has 0 aromatic carbocycles. The van der Waals surface area contributed by atoms with E-state index in [0.29, 0.717) is 5.57 Å². The summed E-state index contributed by atoms with van der Waals surface area (Å²) in [6.45, 7) is -3.29. The number of thiazole rings is 1. The second kappa shape index (κ2) is 10.7. The highest BCUT2D eigenvalue weighted by molar-refractivity contribution is 8.03. The van der Waals surface area contributed by atoms with Crippen molar-refractivity contribution in [1.82, 2.24) is 24.8 Å². The fourth-order valence-electron chi connectivity index (χ4n) is 3.07. The number of alkyl halides is 2. The number of aliphatic carboxylic acids is 1. The Bertz CT molecular complexity index is 1230. The van der Waals surface area contributed by atoms with Gasteiger partial charge in [0.2, 0.25) is 0 Å². The van der Waals surface area contributed by atoms with Crippen LogP contribution in [0.15, 0.2) is 43.7 Å². The van der Waals surface area contributed by atoms with Crippen molar-refractivity contribution in [2.45, 2.75) is 22.2 Å². The third kappa shape index (κ3) is 5.44. The van der Waals surface area contributed by atoms with Crippen LogP contribution in [0.4, 0.5) is 13.9 Å². The van der Waals surface area contributed by atoms with Gasteiger partial charge in [-0.15, -0.1) is 28.2 Å². The van der Waals surface area contributed by atoms with Crippen LogP contribution in [-0.4, -0.2) is 71.9 Å². The molecule has 0 aliphatic carbocycles. The molecule has 0 unspecified atom stereocenters. The van der Waals surface area contributed by atoms with Gasteiger partial charge in [-0.05, 0) is 28.6 Å². The minimum Gasteiger partial charge on any atom is -0.477 e. The van der Waals surface area contributed by atoms with Gasteiger partial charge in [0.25, 0.3) is 11.8 Å². The van der Waals surface area contributed by atoms with Crippen molar-refractivity contribution in [2.24, 2.45) is 5.16 Å². The highest BCUT2D eigenvalue weighted by Gasteiger charge is 2.54. The number of hydrogen-bond donors (Lipinski definition) is 3. The Morgan fingerprint density at radius 2 is 2.26 bits per heavy atom. The third-order valence-corrected chi connectivity index (χ3v) is 8.04. The van der Waals surface area contributed by atoms with E-state index >= 15 is 0 Å². The van der Waals surface area contributed by atoms with Gasteiger partial charge in [-0.1, -0.05) is 21.4 Å². The number of hydrogen-bond acceptors (Lipinski definition) is 13. The fourth-order valence-corrected chi connectivity index (χ4v) is 6.12. The second-order valence-corrected chi connectivity index (χ2v) is 10.6. The summed E-state index contributed by atoms with van der Waals surface area (Å²) in [5, 5.41) is 21.3. The maximum Gasteiger partial charge on any atom is 0.407 e. The maximum atomic E-state index is 12.8. The minimum absolute atomic E-state index is 0.0628. The summed E-state index contributed by atoms with van der Waals surface area (Å²) >= 11 is 4.66. The number of thioether (sulfide) groups is 2. The molecule has 2 aliphatic rings. The third-order valence-electron chi connectivity index (χ3n) is 4.48. The van der Waals surface area contributed by atoms with Crippen molar-refractivity contribution in [2.75, 3.05) is 11.5 Å². The summed E-state index contributed by atoms with van der Waals surface area (Å²) in [7, 11) is 0. The lowest BCUT2D eigenvalue weighted by molar-refractivity contribution is -0.150. The predicted octanol–water partition coefficient (Wildman–Crippen LogP) is 1.56. The van der Waals surface area contributed by atoms with Gasteiger partial charge in [-0.3, -0.25) is 14.5 Å². The number of halogens is 2. The van der Waals surface area contributed by atoms with E-state index in [0.717, 1.165) is 20.4 Å². The molecule has 2 aromatic heterocycles. The van der Waals surface area contributed by atoms with E-state index in [1.807, 2.05) is 0 Å². The van der Waals surface area contributed by atoms with Crippen LogP contribution in [0.25, 0.3) is 0 Å². The van der Waals surface area contributed by atoms with E-state index < -0.39 is 41.5 Å². The van der Waals surface area contributed by atoms with Crippen LogP contribution in [0.3, 0.4) is 0 Å². The number of aromatic nitrogens is 3. The molecular weight excluding hydrogens is 548 g/mol. The van der Waals surface area contributed by atoms with Crippen molar-refractivity contribution in [3.05, 3.63) is 40.0 Å². The van der Waals surface area contributed by atoms with Crippen molar-refractivity contribution >= 4 is 75.0 Å². The van der Waals surface area contributed by atoms with Gasteiger partial charge in [-0.2, -0.15) is 8.78 Å². The monoisotopic (exact) mass is 561 g/mol. The van der Waals surface area contributed by atoms with Gasteiger partial charge >= 0.3 is 12.6 Å². The number of nitrogens with one attached hydrogen (secondary N) is 1. The van der Waals surface area contributed by atoms with E-state index in [1.165, 1.54) is 40.4 Å². The quantitative estimate of drug-likeness (QED) is 0.175. The molecule has 2 amide bonds. The Kier molecular flexibility index (Phi) is 7.63. The van der Waals surface area contributed by atoms with Crippen LogP contribution in [0.5, 0.6) is 0 Å². The molecule has 0 radical (unpaired) electrons. The van der Waals surface area contributed by atoms with Crippen molar-refractivity contribution in [1.29, 1.82) is 0 Å². The molecule has 4 N–H and O–H groups in total. The van der Waals surface area contributed by atoms with E-state index in [4.69, 9.17) is 5.73 Å². The van der Waals surface area contributed by atoms with Crippen molar-refractivity contribution in [3.63, 3.8) is 0 Å². The van der Waals surface area contributed by atoms with Crippen LogP contribution >= 0.6 is 46.4 Å². The molecule has 0 spiro atoms. The molecule has 4 rings (SSSR count). The first-order valence-electron chi connectivity index (χ1n) is 9.32. The lowest BCUT2D eigenvalue weighted by Crippen LogP contribution is -2.71. The lowest BCUT2D eigenvalue weighted by atomic mass is 10.0. The fraction of sp³-hybridized carbons (Fsp3) is 0.235. The zero-order chi connectivity index (χ0) is 25.1.